The molecule has 2 aromatic rings. The third-order valence-corrected chi connectivity index (χ3v) is 3.26. The third-order valence-electron chi connectivity index (χ3n) is 3.26. The second-order valence-electron chi connectivity index (χ2n) is 4.71. The van der Waals surface area contributed by atoms with Crippen LogP contribution in [0, 0.1) is 0 Å². The summed E-state index contributed by atoms with van der Waals surface area (Å²) in [5, 5.41) is 11.8. The molecule has 1 atom stereocenters. The molecule has 0 bridgehead atoms. The normalized spacial score (nSPS) is 18.6. The molecule has 0 radical (unpaired) electrons. The first-order valence-electron chi connectivity index (χ1n) is 6.67. The van der Waals surface area contributed by atoms with Gasteiger partial charge in [0.05, 0.1) is 39.0 Å². The summed E-state index contributed by atoms with van der Waals surface area (Å²) in [5.41, 5.74) is 7.18. The van der Waals surface area contributed by atoms with Crippen molar-refractivity contribution in [3.05, 3.63) is 18.2 Å². The summed E-state index contributed by atoms with van der Waals surface area (Å²) in [6.07, 6.45) is -0.0548. The fraction of sp³-hybridized carbons (Fsp3) is 0.462. The van der Waals surface area contributed by atoms with Gasteiger partial charge in [0.1, 0.15) is 11.9 Å². The number of anilines is 1. The molecule has 1 aromatic carbocycles. The molecule has 0 amide bonds. The average molecular weight is 291 g/mol. The number of nitrogens with zero attached hydrogens (tertiary/aromatic N) is 4. The number of benzene rings is 1. The van der Waals surface area contributed by atoms with E-state index in [4.69, 9.17) is 19.9 Å². The van der Waals surface area contributed by atoms with Crippen LogP contribution in [0.5, 0.6) is 5.75 Å². The fourth-order valence-corrected chi connectivity index (χ4v) is 2.25. The van der Waals surface area contributed by atoms with Gasteiger partial charge < -0.3 is 19.9 Å². The Hall–Kier alpha value is -2.19. The van der Waals surface area contributed by atoms with Crippen LogP contribution in [0.1, 0.15) is 0 Å². The van der Waals surface area contributed by atoms with Gasteiger partial charge in [0.15, 0.2) is 5.82 Å². The number of hydrogen-bond acceptors (Lipinski definition) is 7. The van der Waals surface area contributed by atoms with Crippen molar-refractivity contribution in [3.8, 4) is 17.1 Å². The maximum absolute atomic E-state index is 5.77. The largest absolute Gasteiger partial charge is 0.496 e. The first-order chi connectivity index (χ1) is 10.3. The molecule has 21 heavy (non-hydrogen) atoms. The Kier molecular flexibility index (Phi) is 3.98. The Morgan fingerprint density at radius 3 is 3.10 bits per heavy atom. The predicted molar refractivity (Wildman–Crippen MR) is 74.8 cm³/mol. The molecule has 1 aliphatic rings. The topological polar surface area (TPSA) is 97.3 Å². The van der Waals surface area contributed by atoms with Crippen molar-refractivity contribution in [2.24, 2.45) is 0 Å². The van der Waals surface area contributed by atoms with Gasteiger partial charge >= 0.3 is 0 Å². The molecule has 1 aromatic heterocycles. The number of hydrogen-bond donors (Lipinski definition) is 1. The van der Waals surface area contributed by atoms with Crippen LogP contribution in [0.4, 0.5) is 5.69 Å². The molecule has 1 fully saturated rings. The highest BCUT2D eigenvalue weighted by atomic mass is 16.6. The Bertz CT molecular complexity index is 610. The van der Waals surface area contributed by atoms with E-state index >= 15 is 0 Å². The van der Waals surface area contributed by atoms with Crippen molar-refractivity contribution in [2.45, 2.75) is 12.6 Å². The summed E-state index contributed by atoms with van der Waals surface area (Å²) in [4.78, 5) is 0. The van der Waals surface area contributed by atoms with Crippen LogP contribution in [0.2, 0.25) is 0 Å². The zero-order valence-corrected chi connectivity index (χ0v) is 11.7. The molecule has 2 N–H and O–H groups in total. The third kappa shape index (κ3) is 2.96. The van der Waals surface area contributed by atoms with E-state index in [-0.39, 0.29) is 6.10 Å². The molecule has 3 rings (SSSR count). The van der Waals surface area contributed by atoms with Crippen LogP contribution >= 0.6 is 0 Å². The van der Waals surface area contributed by atoms with E-state index in [9.17, 15) is 0 Å². The Labute approximate surface area is 121 Å². The number of rotatable bonds is 4. The molecule has 1 unspecified atom stereocenters. The zero-order valence-electron chi connectivity index (χ0n) is 11.7. The minimum absolute atomic E-state index is 0.0548. The van der Waals surface area contributed by atoms with Gasteiger partial charge in [-0.25, -0.2) is 4.68 Å². The number of aromatic nitrogens is 4. The van der Waals surface area contributed by atoms with Gasteiger partial charge in [0, 0.05) is 11.8 Å². The lowest BCUT2D eigenvalue weighted by Crippen LogP contribution is -2.32. The van der Waals surface area contributed by atoms with E-state index in [0.717, 1.165) is 5.56 Å². The lowest BCUT2D eigenvalue weighted by Gasteiger charge is -2.23. The molecule has 0 saturated carbocycles. The van der Waals surface area contributed by atoms with E-state index in [1.165, 1.54) is 0 Å². The van der Waals surface area contributed by atoms with Crippen molar-refractivity contribution >= 4 is 5.69 Å². The van der Waals surface area contributed by atoms with Crippen molar-refractivity contribution in [3.63, 3.8) is 0 Å². The molecule has 8 heteroatoms. The van der Waals surface area contributed by atoms with E-state index in [0.29, 0.717) is 43.6 Å². The van der Waals surface area contributed by atoms with Gasteiger partial charge in [0.25, 0.3) is 0 Å². The summed E-state index contributed by atoms with van der Waals surface area (Å²) in [6, 6.07) is 5.38. The number of methoxy groups -OCH3 is 1. The monoisotopic (exact) mass is 291 g/mol. The van der Waals surface area contributed by atoms with Crippen molar-refractivity contribution < 1.29 is 14.2 Å². The molecule has 1 saturated heterocycles. The van der Waals surface area contributed by atoms with Crippen LogP contribution in [0.15, 0.2) is 18.2 Å². The van der Waals surface area contributed by atoms with E-state index < -0.39 is 0 Å². The standard InChI is InChI=1S/C13H17N5O3/c1-19-12-6-9(14)2-3-11(12)13-15-16-17-18(13)7-10-8-20-4-5-21-10/h2-3,6,10H,4-5,7-8,14H2,1H3. The highest BCUT2D eigenvalue weighted by Gasteiger charge is 2.20. The van der Waals surface area contributed by atoms with Crippen LogP contribution in [-0.4, -0.2) is 53.2 Å². The van der Waals surface area contributed by atoms with Crippen molar-refractivity contribution in [1.29, 1.82) is 0 Å². The maximum atomic E-state index is 5.77. The highest BCUT2D eigenvalue weighted by Crippen LogP contribution is 2.30. The second-order valence-corrected chi connectivity index (χ2v) is 4.71. The van der Waals surface area contributed by atoms with Gasteiger partial charge in [-0.1, -0.05) is 0 Å². The van der Waals surface area contributed by atoms with Crippen LogP contribution < -0.4 is 10.5 Å². The average Bonchev–Trinajstić information content (AvgIpc) is 2.96. The van der Waals surface area contributed by atoms with E-state index in [2.05, 4.69) is 15.5 Å². The Balaban J connectivity index is 1.88. The minimum Gasteiger partial charge on any atom is -0.496 e. The summed E-state index contributed by atoms with van der Waals surface area (Å²) in [6.45, 7) is 2.28. The number of nitrogen functional groups attached to an aromatic ring is 1. The van der Waals surface area contributed by atoms with E-state index in [1.54, 1.807) is 23.9 Å². The quantitative estimate of drug-likeness (QED) is 0.811. The SMILES string of the molecule is COc1cc(N)ccc1-c1nnnn1CC1COCCO1. The number of tetrazole rings is 1. The van der Waals surface area contributed by atoms with Gasteiger partial charge in [-0.15, -0.1) is 5.10 Å². The molecular formula is C13H17N5O3. The summed E-state index contributed by atoms with van der Waals surface area (Å²) in [5.74, 6) is 1.24. The fourth-order valence-electron chi connectivity index (χ4n) is 2.25. The maximum Gasteiger partial charge on any atom is 0.185 e. The van der Waals surface area contributed by atoms with Gasteiger partial charge in [0.2, 0.25) is 0 Å². The number of ether oxygens (including phenoxy) is 3. The molecule has 0 aliphatic carbocycles. The lowest BCUT2D eigenvalue weighted by atomic mass is 10.1. The Morgan fingerprint density at radius 1 is 1.43 bits per heavy atom. The zero-order chi connectivity index (χ0) is 14.7. The van der Waals surface area contributed by atoms with Crippen molar-refractivity contribution in [1.82, 2.24) is 20.2 Å². The lowest BCUT2D eigenvalue weighted by molar-refractivity contribution is -0.0946. The smallest absolute Gasteiger partial charge is 0.185 e. The second kappa shape index (κ2) is 6.06. The van der Waals surface area contributed by atoms with Crippen LogP contribution in [0.25, 0.3) is 11.4 Å². The predicted octanol–water partition coefficient (Wildman–Crippen LogP) is 0.346. The Morgan fingerprint density at radius 2 is 2.33 bits per heavy atom. The molecule has 112 valence electrons. The van der Waals surface area contributed by atoms with Crippen LogP contribution in [0.3, 0.4) is 0 Å². The highest BCUT2D eigenvalue weighted by molar-refractivity contribution is 5.67. The minimum atomic E-state index is -0.0548. The van der Waals surface area contributed by atoms with Gasteiger partial charge in [-0.05, 0) is 22.6 Å². The molecular weight excluding hydrogens is 274 g/mol. The van der Waals surface area contributed by atoms with Gasteiger partial charge in [-0.3, -0.25) is 0 Å². The molecule has 0 spiro atoms. The first kappa shape index (κ1) is 13.8. The molecule has 8 nitrogen and oxygen atoms in total. The van der Waals surface area contributed by atoms with E-state index in [1.807, 2.05) is 6.07 Å². The molecule has 2 heterocycles. The number of nitrogens with two attached hydrogens (primary N) is 1. The molecule has 1 aliphatic heterocycles. The summed E-state index contributed by atoms with van der Waals surface area (Å²) in [7, 11) is 1.59. The van der Waals surface area contributed by atoms with Gasteiger partial charge in [-0.2, -0.15) is 0 Å². The summed E-state index contributed by atoms with van der Waals surface area (Å²) < 4.78 is 18.1. The van der Waals surface area contributed by atoms with Crippen LogP contribution in [-0.2, 0) is 16.0 Å². The first-order valence-corrected chi connectivity index (χ1v) is 6.67. The summed E-state index contributed by atoms with van der Waals surface area (Å²) >= 11 is 0. The van der Waals surface area contributed by atoms with Crippen molar-refractivity contribution in [2.75, 3.05) is 32.7 Å².